The van der Waals surface area contributed by atoms with Gasteiger partial charge in [0.2, 0.25) is 0 Å². The van der Waals surface area contributed by atoms with Crippen molar-refractivity contribution in [2.24, 2.45) is 0 Å². The van der Waals surface area contributed by atoms with Crippen molar-refractivity contribution in [3.63, 3.8) is 0 Å². The Hall–Kier alpha value is -1.23. The van der Waals surface area contributed by atoms with Crippen LogP contribution in [0.3, 0.4) is 0 Å². The van der Waals surface area contributed by atoms with Crippen molar-refractivity contribution >= 4 is 22.1 Å². The van der Waals surface area contributed by atoms with Gasteiger partial charge in [0.15, 0.2) is 0 Å². The van der Waals surface area contributed by atoms with E-state index in [0.29, 0.717) is 0 Å². The second kappa shape index (κ2) is 3.44. The summed E-state index contributed by atoms with van der Waals surface area (Å²) in [7, 11) is 0. The number of rotatable bonds is 1. The van der Waals surface area contributed by atoms with Gasteiger partial charge >= 0.3 is 5.97 Å². The van der Waals surface area contributed by atoms with Gasteiger partial charge in [-0.3, -0.25) is 0 Å². The van der Waals surface area contributed by atoms with Crippen LogP contribution in [0.15, 0.2) is 23.6 Å². The summed E-state index contributed by atoms with van der Waals surface area (Å²) < 4.78 is 22.9. The summed E-state index contributed by atoms with van der Waals surface area (Å²) in [6, 6.07) is 0. The third-order valence-electron chi connectivity index (χ3n) is 1.42. The highest BCUT2D eigenvalue weighted by Gasteiger charge is 2.17. The summed E-state index contributed by atoms with van der Waals surface area (Å²) in [4.78, 5) is 10.3. The molecule has 0 aromatic rings. The van der Waals surface area contributed by atoms with E-state index in [2.05, 4.69) is 0 Å². The molecule has 0 spiro atoms. The van der Waals surface area contributed by atoms with Crippen molar-refractivity contribution in [1.82, 2.24) is 0 Å². The van der Waals surface area contributed by atoms with Gasteiger partial charge in [-0.15, -0.1) is 0 Å². The molecule has 0 aliphatic heterocycles. The van der Waals surface area contributed by atoms with Crippen LogP contribution >= 0.6 is 0 Å². The molecule has 1 aliphatic rings. The second-order valence-corrected chi connectivity index (χ2v) is 2.85. The van der Waals surface area contributed by atoms with Crippen molar-refractivity contribution < 1.29 is 18.5 Å². The number of hydrogen-bond donors (Lipinski definition) is 1. The fraction of sp³-hybridized carbons (Fsp3) is 0.143. The Labute approximate surface area is 71.3 Å². The maximum absolute atomic E-state index is 12.7. The molecule has 1 rings (SSSR count). The van der Waals surface area contributed by atoms with Gasteiger partial charge in [-0.2, -0.15) is 0 Å². The lowest BCUT2D eigenvalue weighted by atomic mass is 10.0. The lowest BCUT2D eigenvalue weighted by molar-refractivity contribution is -0.132. The van der Waals surface area contributed by atoms with Crippen LogP contribution in [0.2, 0.25) is 0 Å². The second-order valence-electron chi connectivity index (χ2n) is 2.19. The maximum atomic E-state index is 12.7. The van der Waals surface area contributed by atoms with E-state index in [1.807, 2.05) is 0 Å². The molecule has 0 saturated carbocycles. The number of carboxylic acids is 1. The molecule has 1 aliphatic carbocycles. The van der Waals surface area contributed by atoms with Crippen LogP contribution in [0, 0.1) is 0 Å². The van der Waals surface area contributed by atoms with Gasteiger partial charge in [-0.1, -0.05) is 0 Å². The normalized spacial score (nSPS) is 16.6. The first-order valence-corrected chi connectivity index (χ1v) is 3.85. The molecule has 0 heterocycles. The van der Waals surface area contributed by atoms with E-state index in [-0.39, 0.29) is 28.1 Å². The summed E-state index contributed by atoms with van der Waals surface area (Å²) in [5, 5.41) is 8.49. The molecule has 0 atom stereocenters. The average Bonchev–Trinajstić information content (AvgIpc) is 2.05. The topological polar surface area (TPSA) is 54.4 Å². The SMILES string of the molecule is O=S=C1CC(C(=O)O)=CC=C1F. The van der Waals surface area contributed by atoms with E-state index in [1.165, 1.54) is 0 Å². The standard InChI is InChI=1S/C7H5FO3S/c8-5-2-1-4(7(9)10)3-6(5)12-11/h1-2H,3H2,(H,9,10). The number of allylic oxidation sites excluding steroid dienone is 3. The van der Waals surface area contributed by atoms with E-state index in [1.54, 1.807) is 0 Å². The van der Waals surface area contributed by atoms with Gasteiger partial charge in [0, 0.05) is 12.0 Å². The van der Waals surface area contributed by atoms with Crippen molar-refractivity contribution in [3.05, 3.63) is 23.6 Å². The summed E-state index contributed by atoms with van der Waals surface area (Å²) in [6.45, 7) is 0. The molecular weight excluding hydrogens is 183 g/mol. The molecule has 1 N–H and O–H groups in total. The Kier molecular flexibility index (Phi) is 2.54. The summed E-state index contributed by atoms with van der Waals surface area (Å²) in [5.74, 6) is -1.76. The highest BCUT2D eigenvalue weighted by Crippen LogP contribution is 2.15. The Bertz CT molecular complexity index is 337. The van der Waals surface area contributed by atoms with Crippen LogP contribution in [0.4, 0.5) is 4.39 Å². The molecular formula is C7H5FO3S. The van der Waals surface area contributed by atoms with Crippen molar-refractivity contribution in [2.75, 3.05) is 0 Å². The predicted molar refractivity (Wildman–Crippen MR) is 42.7 cm³/mol. The van der Waals surface area contributed by atoms with E-state index in [0.717, 1.165) is 12.2 Å². The third kappa shape index (κ3) is 1.68. The van der Waals surface area contributed by atoms with Crippen molar-refractivity contribution in [2.45, 2.75) is 6.42 Å². The van der Waals surface area contributed by atoms with Gasteiger partial charge in [0.05, 0.1) is 16.1 Å². The monoisotopic (exact) mass is 188 g/mol. The summed E-state index contributed by atoms with van der Waals surface area (Å²) in [5.41, 5.74) is 0.0368. The molecule has 0 unspecified atom stereocenters. The van der Waals surface area contributed by atoms with Crippen LogP contribution in [0.1, 0.15) is 6.42 Å². The largest absolute Gasteiger partial charge is 0.478 e. The fourth-order valence-electron chi connectivity index (χ4n) is 0.799. The van der Waals surface area contributed by atoms with Gasteiger partial charge in [-0.25, -0.2) is 13.4 Å². The van der Waals surface area contributed by atoms with Gasteiger partial charge in [-0.05, 0) is 12.2 Å². The summed E-state index contributed by atoms with van der Waals surface area (Å²) >= 11 is -0.00579. The minimum absolute atomic E-state index is 0.00579. The number of carbonyl (C=O) groups is 1. The molecule has 0 aromatic carbocycles. The predicted octanol–water partition coefficient (Wildman–Crippen LogP) is 0.640. The number of carboxylic acid groups (broad SMARTS) is 1. The average molecular weight is 188 g/mol. The highest BCUT2D eigenvalue weighted by molar-refractivity contribution is 7.67. The zero-order valence-electron chi connectivity index (χ0n) is 5.91. The number of halogens is 1. The minimum atomic E-state index is -1.12. The van der Waals surface area contributed by atoms with E-state index in [9.17, 15) is 13.4 Å². The first kappa shape index (κ1) is 8.86. The molecule has 64 valence electrons. The van der Waals surface area contributed by atoms with Crippen LogP contribution in [-0.4, -0.2) is 20.1 Å². The lowest BCUT2D eigenvalue weighted by Gasteiger charge is -2.05. The molecule has 0 fully saturated rings. The quantitative estimate of drug-likeness (QED) is 0.614. The Morgan fingerprint density at radius 1 is 1.58 bits per heavy atom. The molecule has 12 heavy (non-hydrogen) atoms. The fourth-order valence-corrected chi connectivity index (χ4v) is 1.16. The Balaban J connectivity index is 3.02. The van der Waals surface area contributed by atoms with Crippen LogP contribution in [0.25, 0.3) is 0 Å². The van der Waals surface area contributed by atoms with Gasteiger partial charge in [0.25, 0.3) is 0 Å². The van der Waals surface area contributed by atoms with Gasteiger partial charge in [0.1, 0.15) is 5.83 Å². The Morgan fingerprint density at radius 2 is 2.25 bits per heavy atom. The summed E-state index contributed by atoms with van der Waals surface area (Å²) in [6.07, 6.45) is 2.04. The van der Waals surface area contributed by atoms with Crippen LogP contribution in [0.5, 0.6) is 0 Å². The highest BCUT2D eigenvalue weighted by atomic mass is 32.1. The number of hydrogen-bond acceptors (Lipinski definition) is 2. The Morgan fingerprint density at radius 3 is 2.75 bits per heavy atom. The molecule has 3 nitrogen and oxygen atoms in total. The zero-order valence-corrected chi connectivity index (χ0v) is 6.73. The molecule has 0 aromatic heterocycles. The zero-order chi connectivity index (χ0) is 9.14. The molecule has 0 saturated heterocycles. The first-order valence-electron chi connectivity index (χ1n) is 3.11. The van der Waals surface area contributed by atoms with Crippen LogP contribution in [-0.2, 0) is 16.1 Å². The molecule has 0 radical (unpaired) electrons. The van der Waals surface area contributed by atoms with E-state index < -0.39 is 11.8 Å². The van der Waals surface area contributed by atoms with Crippen molar-refractivity contribution in [3.8, 4) is 0 Å². The molecule has 0 amide bonds. The van der Waals surface area contributed by atoms with Crippen molar-refractivity contribution in [1.29, 1.82) is 0 Å². The molecule has 0 bridgehead atoms. The van der Waals surface area contributed by atoms with Crippen LogP contribution < -0.4 is 0 Å². The smallest absolute Gasteiger partial charge is 0.331 e. The molecule has 5 heteroatoms. The minimum Gasteiger partial charge on any atom is -0.478 e. The first-order chi connectivity index (χ1) is 5.65. The number of aliphatic carboxylic acids is 1. The lowest BCUT2D eigenvalue weighted by Crippen LogP contribution is -2.11. The third-order valence-corrected chi connectivity index (χ3v) is 1.96. The van der Waals surface area contributed by atoms with Gasteiger partial charge < -0.3 is 5.11 Å². The van der Waals surface area contributed by atoms with E-state index in [4.69, 9.17) is 5.11 Å². The van der Waals surface area contributed by atoms with E-state index >= 15 is 0 Å². The maximum Gasteiger partial charge on any atom is 0.331 e.